The van der Waals surface area contributed by atoms with Gasteiger partial charge >= 0.3 is 18.3 Å². The van der Waals surface area contributed by atoms with Gasteiger partial charge in [-0.05, 0) is 67.9 Å². The maximum Gasteiger partial charge on any atom is 0.437 e. The van der Waals surface area contributed by atoms with Gasteiger partial charge in [0, 0.05) is 0 Å². The first-order valence-electron chi connectivity index (χ1n) is 10.9. The van der Waals surface area contributed by atoms with Gasteiger partial charge in [0.25, 0.3) is 0 Å². The number of rotatable bonds is 3. The van der Waals surface area contributed by atoms with Crippen molar-refractivity contribution in [3.05, 3.63) is 48.6 Å². The topological polar surface area (TPSA) is 107 Å². The van der Waals surface area contributed by atoms with Crippen molar-refractivity contribution in [1.29, 1.82) is 0 Å². The van der Waals surface area contributed by atoms with Gasteiger partial charge in [0.05, 0.1) is 6.04 Å². The van der Waals surface area contributed by atoms with Gasteiger partial charge in [0.15, 0.2) is 0 Å². The lowest BCUT2D eigenvalue weighted by Crippen LogP contribution is -2.51. The number of hydrogen-bond donors (Lipinski definition) is 1. The Morgan fingerprint density at radius 1 is 0.882 bits per heavy atom. The van der Waals surface area contributed by atoms with E-state index < -0.39 is 47.1 Å². The summed E-state index contributed by atoms with van der Waals surface area (Å²) >= 11 is 0. The van der Waals surface area contributed by atoms with Crippen LogP contribution in [0.5, 0.6) is 0 Å². The molecule has 0 bridgehead atoms. The second-order valence-electron chi connectivity index (χ2n) is 10.5. The summed E-state index contributed by atoms with van der Waals surface area (Å²) in [5, 5.41) is 2.41. The van der Waals surface area contributed by atoms with E-state index in [1.165, 1.54) is 6.08 Å². The fraction of sp³-hybridized carbons (Fsp3) is 0.520. The lowest BCUT2D eigenvalue weighted by Gasteiger charge is -2.33. The fourth-order valence-electron chi connectivity index (χ4n) is 2.59. The van der Waals surface area contributed by atoms with E-state index in [0.29, 0.717) is 5.56 Å². The number of benzene rings is 1. The van der Waals surface area contributed by atoms with E-state index in [1.807, 2.05) is 6.07 Å². The molecule has 1 aromatic carbocycles. The van der Waals surface area contributed by atoms with Crippen molar-refractivity contribution in [2.24, 2.45) is 4.99 Å². The van der Waals surface area contributed by atoms with Crippen molar-refractivity contribution in [2.75, 3.05) is 0 Å². The highest BCUT2D eigenvalue weighted by Crippen LogP contribution is 2.25. The van der Waals surface area contributed by atoms with Crippen LogP contribution in [0.25, 0.3) is 0 Å². The molecule has 0 aromatic heterocycles. The van der Waals surface area contributed by atoms with Crippen LogP contribution in [0.1, 0.15) is 73.9 Å². The van der Waals surface area contributed by atoms with Crippen molar-refractivity contribution in [1.82, 2.24) is 10.2 Å². The monoisotopic (exact) mass is 475 g/mol. The lowest BCUT2D eigenvalue weighted by molar-refractivity contribution is 0.0322. The van der Waals surface area contributed by atoms with Crippen LogP contribution < -0.4 is 5.32 Å². The third-order valence-corrected chi connectivity index (χ3v) is 3.66. The number of hydrogen-bond acceptors (Lipinski definition) is 6. The highest BCUT2D eigenvalue weighted by atomic mass is 16.6. The average Bonchev–Trinajstić information content (AvgIpc) is 2.61. The number of aliphatic imine (C=N–C) groups is 1. The zero-order valence-electron chi connectivity index (χ0n) is 21.6. The molecule has 0 fully saturated rings. The summed E-state index contributed by atoms with van der Waals surface area (Å²) in [6.07, 6.45) is -1.32. The van der Waals surface area contributed by atoms with E-state index in [4.69, 9.17) is 14.2 Å². The van der Waals surface area contributed by atoms with E-state index >= 15 is 0 Å². The molecule has 3 amide bonds. The maximum absolute atomic E-state index is 13.3. The number of nitrogens with one attached hydrogen (secondary N) is 1. The maximum atomic E-state index is 13.3. The lowest BCUT2D eigenvalue weighted by atomic mass is 10.1. The van der Waals surface area contributed by atoms with Gasteiger partial charge in [0.1, 0.15) is 16.8 Å². The van der Waals surface area contributed by atoms with Gasteiger partial charge in [0.2, 0.25) is 5.96 Å². The van der Waals surface area contributed by atoms with Crippen molar-refractivity contribution >= 4 is 24.2 Å². The quantitative estimate of drug-likeness (QED) is 0.250. The van der Waals surface area contributed by atoms with Gasteiger partial charge in [-0.1, -0.05) is 36.4 Å². The molecule has 1 aromatic rings. The Bertz CT molecular complexity index is 905. The Labute approximate surface area is 202 Å². The Morgan fingerprint density at radius 3 is 1.82 bits per heavy atom. The fourth-order valence-corrected chi connectivity index (χ4v) is 2.59. The van der Waals surface area contributed by atoms with Crippen molar-refractivity contribution in [3.63, 3.8) is 0 Å². The number of ether oxygens (including phenoxy) is 3. The van der Waals surface area contributed by atoms with Crippen LogP contribution in [-0.2, 0) is 14.2 Å². The molecular weight excluding hydrogens is 438 g/mol. The minimum Gasteiger partial charge on any atom is -0.444 e. The molecular formula is C25H37N3O6. The number of guanidine groups is 1. The molecule has 0 aliphatic carbocycles. The van der Waals surface area contributed by atoms with E-state index in [2.05, 4.69) is 16.9 Å². The number of alkyl carbamates (subject to hydrolysis) is 1. The molecule has 0 aliphatic rings. The minimum atomic E-state index is -1.01. The highest BCUT2D eigenvalue weighted by Gasteiger charge is 2.34. The van der Waals surface area contributed by atoms with E-state index in [9.17, 15) is 14.4 Å². The normalized spacial score (nSPS) is 13.4. The number of amides is 3. The molecule has 0 saturated carbocycles. The van der Waals surface area contributed by atoms with Gasteiger partial charge in [-0.25, -0.2) is 19.3 Å². The predicted octanol–water partition coefficient (Wildman–Crippen LogP) is 5.97. The van der Waals surface area contributed by atoms with Gasteiger partial charge in [-0.2, -0.15) is 0 Å². The summed E-state index contributed by atoms with van der Waals surface area (Å²) in [5.41, 5.74) is -1.92. The smallest absolute Gasteiger partial charge is 0.437 e. The van der Waals surface area contributed by atoms with E-state index in [-0.39, 0.29) is 0 Å². The van der Waals surface area contributed by atoms with Crippen LogP contribution in [0.2, 0.25) is 0 Å². The first-order valence-corrected chi connectivity index (χ1v) is 10.9. The zero-order chi connectivity index (χ0) is 26.3. The summed E-state index contributed by atoms with van der Waals surface area (Å²) in [6, 6.07) is 8.07. The SMILES string of the molecule is C=CC(c1ccccc1)N(C(=O)OC(C)(C)C)/C(=N/C(=O)OC(C)(C)C)NC(=O)OC(C)(C)C. The molecule has 0 heterocycles. The predicted molar refractivity (Wildman–Crippen MR) is 130 cm³/mol. The molecule has 9 nitrogen and oxygen atoms in total. The molecule has 1 rings (SSSR count). The molecule has 0 aliphatic heterocycles. The van der Waals surface area contributed by atoms with Crippen LogP contribution in [0.15, 0.2) is 48.0 Å². The van der Waals surface area contributed by atoms with Crippen molar-refractivity contribution < 1.29 is 28.6 Å². The molecule has 1 N–H and O–H groups in total. The van der Waals surface area contributed by atoms with Crippen LogP contribution in [0.4, 0.5) is 14.4 Å². The van der Waals surface area contributed by atoms with Crippen molar-refractivity contribution in [3.8, 4) is 0 Å². The van der Waals surface area contributed by atoms with Gasteiger partial charge in [-0.15, -0.1) is 11.6 Å². The minimum absolute atomic E-state index is 0.425. The van der Waals surface area contributed by atoms with Crippen LogP contribution in [-0.4, -0.2) is 45.9 Å². The van der Waals surface area contributed by atoms with E-state index in [1.54, 1.807) is 86.6 Å². The summed E-state index contributed by atoms with van der Waals surface area (Å²) in [5.74, 6) is -0.425. The van der Waals surface area contributed by atoms with Crippen molar-refractivity contribution in [2.45, 2.75) is 85.2 Å². The molecule has 1 unspecified atom stereocenters. The van der Waals surface area contributed by atoms with Crippen LogP contribution >= 0.6 is 0 Å². The molecule has 0 spiro atoms. The first-order chi connectivity index (χ1) is 15.4. The number of nitrogens with zero attached hydrogens (tertiary/aromatic N) is 2. The van der Waals surface area contributed by atoms with Crippen LogP contribution in [0.3, 0.4) is 0 Å². The second-order valence-corrected chi connectivity index (χ2v) is 10.5. The van der Waals surface area contributed by atoms with Crippen LogP contribution in [0, 0.1) is 0 Å². The Kier molecular flexibility index (Phi) is 9.43. The molecule has 9 heteroatoms. The Balaban J connectivity index is 3.63. The van der Waals surface area contributed by atoms with Gasteiger partial charge < -0.3 is 14.2 Å². The summed E-state index contributed by atoms with van der Waals surface area (Å²) < 4.78 is 16.2. The zero-order valence-corrected chi connectivity index (χ0v) is 21.6. The Morgan fingerprint density at radius 2 is 1.38 bits per heavy atom. The largest absolute Gasteiger partial charge is 0.444 e. The molecule has 0 saturated heterocycles. The second kappa shape index (κ2) is 11.2. The summed E-state index contributed by atoms with van der Waals surface area (Å²) in [7, 11) is 0. The third-order valence-electron chi connectivity index (χ3n) is 3.66. The molecule has 1 atom stereocenters. The highest BCUT2D eigenvalue weighted by molar-refractivity contribution is 6.05. The summed E-state index contributed by atoms with van der Waals surface area (Å²) in [4.78, 5) is 43.5. The number of carbonyl (C=O) groups is 3. The third kappa shape index (κ3) is 10.5. The van der Waals surface area contributed by atoms with E-state index in [0.717, 1.165) is 4.90 Å². The summed E-state index contributed by atoms with van der Waals surface area (Å²) in [6.45, 7) is 19.0. The standard InChI is InChI=1S/C25H37N3O6/c1-11-18(17-15-13-12-14-16-17)28(22(31)34-25(8,9)10)19(26-20(29)32-23(2,3)4)27-21(30)33-24(5,6)7/h11-16,18H,1H2,2-10H3,(H,26,27,29,30). The van der Waals surface area contributed by atoms with Gasteiger partial charge in [-0.3, -0.25) is 5.32 Å². The number of carbonyl (C=O) groups excluding carboxylic acids is 3. The molecule has 0 radical (unpaired) electrons. The Hall–Kier alpha value is -3.36. The first kappa shape index (κ1) is 28.7. The molecule has 188 valence electrons. The average molecular weight is 476 g/mol. The molecule has 34 heavy (non-hydrogen) atoms.